The Morgan fingerprint density at radius 1 is 1.11 bits per heavy atom. The second-order valence-corrected chi connectivity index (χ2v) is 5.35. The third-order valence-electron chi connectivity index (χ3n) is 3.88. The molecule has 1 aliphatic rings. The monoisotopic (exact) mass is 251 g/mol. The summed E-state index contributed by atoms with van der Waals surface area (Å²) < 4.78 is 1.97. The van der Waals surface area contributed by atoms with Crippen LogP contribution in [0.1, 0.15) is 29.9 Å². The van der Waals surface area contributed by atoms with Crippen molar-refractivity contribution in [2.24, 2.45) is 7.05 Å². The number of aromatic nitrogens is 2. The maximum absolute atomic E-state index is 4.49. The lowest BCUT2D eigenvalue weighted by atomic mass is 10.1. The summed E-state index contributed by atoms with van der Waals surface area (Å²) in [7, 11) is 4.19. The van der Waals surface area contributed by atoms with E-state index in [1.807, 2.05) is 11.7 Å². The van der Waals surface area contributed by atoms with E-state index >= 15 is 0 Å². The van der Waals surface area contributed by atoms with Gasteiger partial charge in [0.15, 0.2) is 0 Å². The number of rotatable bonds is 3. The average molecular weight is 251 g/mol. The quantitative estimate of drug-likeness (QED) is 0.864. The zero-order valence-electron chi connectivity index (χ0n) is 12.2. The van der Waals surface area contributed by atoms with Crippen LogP contribution in [0.4, 0.5) is 0 Å². The Kier molecular flexibility index (Phi) is 4.04. The molecule has 0 saturated carbocycles. The molecule has 5 nitrogen and oxygen atoms in total. The second kappa shape index (κ2) is 5.38. The van der Waals surface area contributed by atoms with Crippen molar-refractivity contribution in [1.29, 1.82) is 0 Å². The Labute approximate surface area is 110 Å². The standard InChI is InChI=1S/C13H25N5/c1-10-13(12(3)17(5)14-10)11(2)15-18-8-6-16(4)7-9-18/h11,15H,6-9H2,1-5H3. The number of hydrazine groups is 1. The predicted molar refractivity (Wildman–Crippen MR) is 73.3 cm³/mol. The molecule has 0 spiro atoms. The molecule has 2 rings (SSSR count). The molecule has 1 atom stereocenters. The minimum absolute atomic E-state index is 0.321. The summed E-state index contributed by atoms with van der Waals surface area (Å²) in [6.07, 6.45) is 0. The fraction of sp³-hybridized carbons (Fsp3) is 0.769. The van der Waals surface area contributed by atoms with Gasteiger partial charge in [0.25, 0.3) is 0 Å². The van der Waals surface area contributed by atoms with Gasteiger partial charge in [0.1, 0.15) is 0 Å². The Bertz CT molecular complexity index is 404. The first-order valence-corrected chi connectivity index (χ1v) is 6.68. The average Bonchev–Trinajstić information content (AvgIpc) is 2.56. The second-order valence-electron chi connectivity index (χ2n) is 5.35. The van der Waals surface area contributed by atoms with Crippen molar-refractivity contribution in [3.8, 4) is 0 Å². The molecular weight excluding hydrogens is 226 g/mol. The SMILES string of the molecule is Cc1nn(C)c(C)c1C(C)NN1CCN(C)CC1. The molecule has 1 unspecified atom stereocenters. The predicted octanol–water partition coefficient (Wildman–Crippen LogP) is 0.850. The number of hydrogen-bond acceptors (Lipinski definition) is 4. The van der Waals surface area contributed by atoms with E-state index in [4.69, 9.17) is 0 Å². The number of piperazine rings is 1. The molecule has 1 N–H and O–H groups in total. The molecule has 102 valence electrons. The first-order valence-electron chi connectivity index (χ1n) is 6.68. The summed E-state index contributed by atoms with van der Waals surface area (Å²) >= 11 is 0. The molecule has 0 amide bonds. The molecule has 0 aliphatic carbocycles. The summed E-state index contributed by atoms with van der Waals surface area (Å²) in [5.74, 6) is 0. The van der Waals surface area contributed by atoms with Gasteiger partial charge >= 0.3 is 0 Å². The molecule has 1 saturated heterocycles. The zero-order chi connectivity index (χ0) is 13.3. The molecule has 1 aromatic heterocycles. The highest BCUT2D eigenvalue weighted by molar-refractivity contribution is 5.27. The molecule has 1 aromatic rings. The van der Waals surface area contributed by atoms with Gasteiger partial charge in [-0.25, -0.2) is 10.4 Å². The van der Waals surface area contributed by atoms with E-state index in [0.717, 1.165) is 31.9 Å². The van der Waals surface area contributed by atoms with Gasteiger partial charge in [-0.05, 0) is 27.8 Å². The van der Waals surface area contributed by atoms with E-state index in [-0.39, 0.29) is 0 Å². The van der Waals surface area contributed by atoms with Crippen LogP contribution in [0.2, 0.25) is 0 Å². The van der Waals surface area contributed by atoms with Crippen LogP contribution in [0.3, 0.4) is 0 Å². The smallest absolute Gasteiger partial charge is 0.0644 e. The van der Waals surface area contributed by atoms with Gasteiger partial charge in [0.05, 0.1) is 5.69 Å². The number of hydrogen-bond donors (Lipinski definition) is 1. The van der Waals surface area contributed by atoms with Gasteiger partial charge in [-0.3, -0.25) is 4.68 Å². The van der Waals surface area contributed by atoms with Gasteiger partial charge in [-0.15, -0.1) is 0 Å². The Hall–Kier alpha value is -0.910. The molecule has 0 aromatic carbocycles. The molecule has 0 radical (unpaired) electrons. The summed E-state index contributed by atoms with van der Waals surface area (Å²) in [6, 6.07) is 0.321. The van der Waals surface area contributed by atoms with Crippen LogP contribution in [0.15, 0.2) is 0 Å². The summed E-state index contributed by atoms with van der Waals surface area (Å²) in [5.41, 5.74) is 7.31. The molecule has 1 fully saturated rings. The van der Waals surface area contributed by atoms with E-state index in [9.17, 15) is 0 Å². The maximum Gasteiger partial charge on any atom is 0.0644 e. The third kappa shape index (κ3) is 2.74. The Morgan fingerprint density at radius 2 is 1.72 bits per heavy atom. The molecule has 2 heterocycles. The lowest BCUT2D eigenvalue weighted by Gasteiger charge is -2.34. The largest absolute Gasteiger partial charge is 0.304 e. The van der Waals surface area contributed by atoms with Crippen LogP contribution in [0.25, 0.3) is 0 Å². The van der Waals surface area contributed by atoms with Gasteiger partial charge in [0.2, 0.25) is 0 Å². The third-order valence-corrected chi connectivity index (χ3v) is 3.88. The zero-order valence-corrected chi connectivity index (χ0v) is 12.2. The van der Waals surface area contributed by atoms with Crippen molar-refractivity contribution in [3.05, 3.63) is 17.0 Å². The number of likely N-dealkylation sites (N-methyl/N-ethyl adjacent to an activating group) is 1. The van der Waals surface area contributed by atoms with Crippen molar-refractivity contribution >= 4 is 0 Å². The topological polar surface area (TPSA) is 36.3 Å². The molecule has 5 heteroatoms. The minimum Gasteiger partial charge on any atom is -0.304 e. The number of nitrogens with one attached hydrogen (secondary N) is 1. The van der Waals surface area contributed by atoms with Gasteiger partial charge in [-0.1, -0.05) is 0 Å². The van der Waals surface area contributed by atoms with Gasteiger partial charge < -0.3 is 4.90 Å². The number of aryl methyl sites for hydroxylation is 2. The van der Waals surface area contributed by atoms with Crippen molar-refractivity contribution < 1.29 is 0 Å². The summed E-state index contributed by atoms with van der Waals surface area (Å²) in [4.78, 5) is 2.36. The normalized spacial score (nSPS) is 20.3. The van der Waals surface area contributed by atoms with Crippen molar-refractivity contribution in [2.75, 3.05) is 33.2 Å². The lowest BCUT2D eigenvalue weighted by Crippen LogP contribution is -2.51. The molecule has 18 heavy (non-hydrogen) atoms. The van der Waals surface area contributed by atoms with Gasteiger partial charge in [0, 0.05) is 50.5 Å². The first kappa shape index (κ1) is 13.5. The van der Waals surface area contributed by atoms with Crippen LogP contribution in [0.5, 0.6) is 0 Å². The molecule has 1 aliphatic heterocycles. The van der Waals surface area contributed by atoms with E-state index in [1.54, 1.807) is 0 Å². The minimum atomic E-state index is 0.321. The maximum atomic E-state index is 4.49. The van der Waals surface area contributed by atoms with Crippen LogP contribution < -0.4 is 5.43 Å². The van der Waals surface area contributed by atoms with E-state index in [1.165, 1.54) is 11.3 Å². The van der Waals surface area contributed by atoms with E-state index < -0.39 is 0 Å². The first-order chi connectivity index (χ1) is 8.49. The Balaban J connectivity index is 2.01. The van der Waals surface area contributed by atoms with Crippen LogP contribution in [-0.4, -0.2) is 52.9 Å². The van der Waals surface area contributed by atoms with Crippen LogP contribution >= 0.6 is 0 Å². The van der Waals surface area contributed by atoms with E-state index in [0.29, 0.717) is 6.04 Å². The lowest BCUT2D eigenvalue weighted by molar-refractivity contribution is 0.0896. The fourth-order valence-electron chi connectivity index (χ4n) is 2.69. The van der Waals surface area contributed by atoms with Crippen LogP contribution in [0, 0.1) is 13.8 Å². The fourth-order valence-corrected chi connectivity index (χ4v) is 2.69. The molecule has 0 bridgehead atoms. The highest BCUT2D eigenvalue weighted by atomic mass is 15.5. The van der Waals surface area contributed by atoms with Crippen molar-refractivity contribution in [1.82, 2.24) is 25.1 Å². The molecular formula is C13H25N5. The summed E-state index contributed by atoms with van der Waals surface area (Å²) in [6.45, 7) is 10.9. The van der Waals surface area contributed by atoms with Gasteiger partial charge in [-0.2, -0.15) is 5.10 Å². The highest BCUT2D eigenvalue weighted by Crippen LogP contribution is 2.21. The van der Waals surface area contributed by atoms with Crippen molar-refractivity contribution in [3.63, 3.8) is 0 Å². The highest BCUT2D eigenvalue weighted by Gasteiger charge is 2.20. The number of nitrogens with zero attached hydrogens (tertiary/aromatic N) is 4. The summed E-state index contributed by atoms with van der Waals surface area (Å²) in [5, 5.41) is 6.82. The Morgan fingerprint density at radius 3 is 2.22 bits per heavy atom. The van der Waals surface area contributed by atoms with Crippen molar-refractivity contribution in [2.45, 2.75) is 26.8 Å². The van der Waals surface area contributed by atoms with Crippen LogP contribution in [-0.2, 0) is 7.05 Å². The van der Waals surface area contributed by atoms with E-state index in [2.05, 4.69) is 48.3 Å².